The van der Waals surface area contributed by atoms with Gasteiger partial charge in [-0.15, -0.1) is 0 Å². The topological polar surface area (TPSA) is 0 Å². The number of unbranched alkanes of at least 4 members (excludes halogenated alkanes) is 10. The summed E-state index contributed by atoms with van der Waals surface area (Å²) in [5.74, 6) is 0. The van der Waals surface area contributed by atoms with Crippen LogP contribution in [0, 0.1) is 13.8 Å². The molecule has 0 unspecified atom stereocenters. The lowest BCUT2D eigenvalue weighted by Crippen LogP contribution is -2.01. The maximum Gasteiger partial charge on any atom is -0.0273 e. The summed E-state index contributed by atoms with van der Waals surface area (Å²) in [5, 5.41) is 0. The molecule has 0 aliphatic rings. The maximum absolute atomic E-state index is 2.42. The highest BCUT2D eigenvalue weighted by Crippen LogP contribution is 2.23. The van der Waals surface area contributed by atoms with Gasteiger partial charge in [0.2, 0.25) is 0 Å². The predicted molar refractivity (Wildman–Crippen MR) is 110 cm³/mol. The van der Waals surface area contributed by atoms with Crippen LogP contribution in [0.15, 0.2) is 12.1 Å². The minimum absolute atomic E-state index is 1.29. The summed E-state index contributed by atoms with van der Waals surface area (Å²) in [4.78, 5) is 0. The fraction of sp³-hybridized carbons (Fsp3) is 0.750. The fourth-order valence-electron chi connectivity index (χ4n) is 3.69. The number of hydrogen-bond donors (Lipinski definition) is 0. The molecule has 0 radical (unpaired) electrons. The van der Waals surface area contributed by atoms with Crippen molar-refractivity contribution >= 4 is 0 Å². The first-order valence-electron chi connectivity index (χ1n) is 10.8. The van der Waals surface area contributed by atoms with Crippen molar-refractivity contribution in [3.8, 4) is 0 Å². The second kappa shape index (κ2) is 13.5. The zero-order valence-corrected chi connectivity index (χ0v) is 17.1. The van der Waals surface area contributed by atoms with Gasteiger partial charge in [0.1, 0.15) is 0 Å². The summed E-state index contributed by atoms with van der Waals surface area (Å²) in [6.45, 7) is 9.20. The Balaban J connectivity index is 2.44. The molecular formula is C24H42. The quantitative estimate of drug-likeness (QED) is 0.302. The van der Waals surface area contributed by atoms with E-state index in [0.29, 0.717) is 0 Å². The van der Waals surface area contributed by atoms with Crippen LogP contribution in [0.1, 0.15) is 113 Å². The van der Waals surface area contributed by atoms with Crippen LogP contribution < -0.4 is 0 Å². The molecule has 0 saturated heterocycles. The van der Waals surface area contributed by atoms with Crippen LogP contribution in [0.2, 0.25) is 0 Å². The molecule has 0 nitrogen and oxygen atoms in total. The number of benzene rings is 1. The number of rotatable bonds is 14. The standard InChI is InChI=1S/C24H42/c1-5-7-9-11-13-15-17-23-20-19-21(3)22(4)24(23)18-16-14-12-10-8-6-2/h19-20H,5-18H2,1-4H3. The molecule has 0 spiro atoms. The molecule has 0 aliphatic heterocycles. The zero-order chi connectivity index (χ0) is 17.6. The van der Waals surface area contributed by atoms with Gasteiger partial charge in [-0.1, -0.05) is 90.2 Å². The van der Waals surface area contributed by atoms with Gasteiger partial charge < -0.3 is 0 Å². The van der Waals surface area contributed by atoms with Gasteiger partial charge in [0, 0.05) is 0 Å². The van der Waals surface area contributed by atoms with Gasteiger partial charge in [-0.3, -0.25) is 0 Å². The molecule has 0 heteroatoms. The molecule has 0 amide bonds. The monoisotopic (exact) mass is 330 g/mol. The SMILES string of the molecule is CCCCCCCCc1ccc(C)c(C)c1CCCCCCCC. The summed E-state index contributed by atoms with van der Waals surface area (Å²) in [6, 6.07) is 4.76. The second-order valence-corrected chi connectivity index (χ2v) is 7.68. The van der Waals surface area contributed by atoms with Crippen molar-refractivity contribution in [2.24, 2.45) is 0 Å². The van der Waals surface area contributed by atoms with E-state index in [2.05, 4.69) is 39.8 Å². The molecule has 1 aromatic carbocycles. The van der Waals surface area contributed by atoms with E-state index in [0.717, 1.165) is 0 Å². The molecule has 138 valence electrons. The molecule has 0 bridgehead atoms. The second-order valence-electron chi connectivity index (χ2n) is 7.68. The minimum Gasteiger partial charge on any atom is -0.0654 e. The van der Waals surface area contributed by atoms with E-state index in [1.807, 2.05) is 0 Å². The molecule has 0 saturated carbocycles. The highest BCUT2D eigenvalue weighted by molar-refractivity contribution is 5.40. The van der Waals surface area contributed by atoms with Crippen molar-refractivity contribution in [1.29, 1.82) is 0 Å². The lowest BCUT2D eigenvalue weighted by molar-refractivity contribution is 0.598. The molecular weight excluding hydrogens is 288 g/mol. The van der Waals surface area contributed by atoms with Crippen LogP contribution in [0.3, 0.4) is 0 Å². The van der Waals surface area contributed by atoms with Gasteiger partial charge in [0.05, 0.1) is 0 Å². The number of hydrogen-bond acceptors (Lipinski definition) is 0. The third kappa shape index (κ3) is 8.36. The smallest absolute Gasteiger partial charge is 0.0273 e. The zero-order valence-electron chi connectivity index (χ0n) is 17.1. The Morgan fingerprint density at radius 2 is 1.08 bits per heavy atom. The van der Waals surface area contributed by atoms with E-state index in [-0.39, 0.29) is 0 Å². The highest BCUT2D eigenvalue weighted by atomic mass is 14.1. The van der Waals surface area contributed by atoms with Crippen molar-refractivity contribution in [1.82, 2.24) is 0 Å². The van der Waals surface area contributed by atoms with Crippen molar-refractivity contribution in [2.45, 2.75) is 118 Å². The Morgan fingerprint density at radius 3 is 1.67 bits per heavy atom. The van der Waals surface area contributed by atoms with Gasteiger partial charge in [0.15, 0.2) is 0 Å². The van der Waals surface area contributed by atoms with Crippen LogP contribution >= 0.6 is 0 Å². The van der Waals surface area contributed by atoms with Crippen LogP contribution in [0.25, 0.3) is 0 Å². The van der Waals surface area contributed by atoms with Gasteiger partial charge in [-0.05, 0) is 61.8 Å². The van der Waals surface area contributed by atoms with Gasteiger partial charge >= 0.3 is 0 Å². The Hall–Kier alpha value is -0.780. The summed E-state index contributed by atoms with van der Waals surface area (Å²) in [5.41, 5.74) is 6.36. The van der Waals surface area contributed by atoms with E-state index >= 15 is 0 Å². The average molecular weight is 331 g/mol. The van der Waals surface area contributed by atoms with Crippen molar-refractivity contribution in [3.63, 3.8) is 0 Å². The van der Waals surface area contributed by atoms with Crippen LogP contribution in [-0.4, -0.2) is 0 Å². The Kier molecular flexibility index (Phi) is 12.0. The van der Waals surface area contributed by atoms with E-state index < -0.39 is 0 Å². The largest absolute Gasteiger partial charge is 0.0654 e. The summed E-state index contributed by atoms with van der Waals surface area (Å²) < 4.78 is 0. The Labute approximate surface area is 152 Å². The van der Waals surface area contributed by atoms with Gasteiger partial charge in [-0.2, -0.15) is 0 Å². The molecule has 0 heterocycles. The van der Waals surface area contributed by atoms with Crippen molar-refractivity contribution < 1.29 is 0 Å². The third-order valence-corrected chi connectivity index (χ3v) is 5.55. The van der Waals surface area contributed by atoms with E-state index in [9.17, 15) is 0 Å². The summed E-state index contributed by atoms with van der Waals surface area (Å²) in [7, 11) is 0. The molecule has 0 fully saturated rings. The fourth-order valence-corrected chi connectivity index (χ4v) is 3.69. The van der Waals surface area contributed by atoms with Crippen molar-refractivity contribution in [3.05, 3.63) is 34.4 Å². The molecule has 0 aliphatic carbocycles. The maximum atomic E-state index is 2.42. The first-order valence-corrected chi connectivity index (χ1v) is 10.8. The minimum atomic E-state index is 1.29. The van der Waals surface area contributed by atoms with E-state index in [1.54, 1.807) is 16.7 Å². The van der Waals surface area contributed by atoms with Crippen LogP contribution in [-0.2, 0) is 12.8 Å². The number of aryl methyl sites for hydroxylation is 2. The molecule has 1 aromatic rings. The molecule has 0 atom stereocenters. The van der Waals surface area contributed by atoms with E-state index in [1.165, 1.54) is 95.5 Å². The van der Waals surface area contributed by atoms with Crippen molar-refractivity contribution in [2.75, 3.05) is 0 Å². The van der Waals surface area contributed by atoms with Gasteiger partial charge in [0.25, 0.3) is 0 Å². The van der Waals surface area contributed by atoms with E-state index in [4.69, 9.17) is 0 Å². The molecule has 24 heavy (non-hydrogen) atoms. The van der Waals surface area contributed by atoms with Crippen LogP contribution in [0.4, 0.5) is 0 Å². The Bertz CT molecular complexity index is 430. The van der Waals surface area contributed by atoms with Gasteiger partial charge in [-0.25, -0.2) is 0 Å². The predicted octanol–water partition coefficient (Wildman–Crippen LogP) is 8.11. The normalized spacial score (nSPS) is 11.2. The highest BCUT2D eigenvalue weighted by Gasteiger charge is 2.08. The lowest BCUT2D eigenvalue weighted by atomic mass is 9.90. The molecule has 1 rings (SSSR count). The Morgan fingerprint density at radius 1 is 0.583 bits per heavy atom. The first kappa shape index (κ1) is 21.3. The summed E-state index contributed by atoms with van der Waals surface area (Å²) in [6.07, 6.45) is 19.3. The average Bonchev–Trinajstić information content (AvgIpc) is 2.59. The third-order valence-electron chi connectivity index (χ3n) is 5.55. The molecule has 0 N–H and O–H groups in total. The van der Waals surface area contributed by atoms with Crippen LogP contribution in [0.5, 0.6) is 0 Å². The summed E-state index contributed by atoms with van der Waals surface area (Å²) >= 11 is 0. The molecule has 0 aromatic heterocycles. The first-order chi connectivity index (χ1) is 11.7. The lowest BCUT2D eigenvalue weighted by Gasteiger charge is -2.15.